The maximum atomic E-state index is 13.1. The number of carbonyl (C=O) groups is 5. The lowest BCUT2D eigenvalue weighted by Gasteiger charge is -2.26. The third-order valence-electron chi connectivity index (χ3n) is 5.39. The van der Waals surface area contributed by atoms with E-state index in [1.807, 2.05) is 0 Å². The Labute approximate surface area is 216 Å². The van der Waals surface area contributed by atoms with Crippen molar-refractivity contribution < 1.29 is 34.2 Å². The molecule has 3 amide bonds. The molecule has 15 nitrogen and oxygen atoms in total. The molecule has 4 unspecified atom stereocenters. The van der Waals surface area contributed by atoms with Crippen molar-refractivity contribution >= 4 is 35.6 Å². The first-order valence-electron chi connectivity index (χ1n) is 12.2. The smallest absolute Gasteiger partial charge is 0.326 e. The average Bonchev–Trinajstić information content (AvgIpc) is 2.80. The fraction of sp³-hybridized carbons (Fsp3) is 0.727. The molecule has 13 N–H and O–H groups in total. The van der Waals surface area contributed by atoms with Crippen molar-refractivity contribution in [1.29, 1.82) is 0 Å². The first-order valence-corrected chi connectivity index (χ1v) is 12.2. The topological polar surface area (TPSA) is 278 Å². The van der Waals surface area contributed by atoms with Gasteiger partial charge in [0.25, 0.3) is 0 Å². The van der Waals surface area contributed by atoms with Gasteiger partial charge in [-0.1, -0.05) is 20.3 Å². The summed E-state index contributed by atoms with van der Waals surface area (Å²) in [7, 11) is 0. The van der Waals surface area contributed by atoms with Crippen LogP contribution in [0.15, 0.2) is 4.99 Å². The van der Waals surface area contributed by atoms with Gasteiger partial charge in [0.15, 0.2) is 5.96 Å². The second-order valence-corrected chi connectivity index (χ2v) is 8.96. The molecule has 4 atom stereocenters. The molecule has 0 aromatic rings. The van der Waals surface area contributed by atoms with E-state index in [4.69, 9.17) is 28.0 Å². The third-order valence-corrected chi connectivity index (χ3v) is 5.39. The van der Waals surface area contributed by atoms with E-state index in [2.05, 4.69) is 20.9 Å². The van der Waals surface area contributed by atoms with E-state index >= 15 is 0 Å². The van der Waals surface area contributed by atoms with E-state index in [0.717, 1.165) is 0 Å². The molecule has 0 saturated heterocycles. The van der Waals surface area contributed by atoms with Crippen LogP contribution in [-0.4, -0.2) is 83.1 Å². The Balaban J connectivity index is 5.62. The van der Waals surface area contributed by atoms with E-state index < -0.39 is 66.2 Å². The largest absolute Gasteiger partial charge is 0.481 e. The van der Waals surface area contributed by atoms with Crippen molar-refractivity contribution in [2.45, 2.75) is 83.0 Å². The molecule has 0 aromatic heterocycles. The maximum Gasteiger partial charge on any atom is 0.326 e. The minimum Gasteiger partial charge on any atom is -0.481 e. The molecular formula is C22H42N8O7. The van der Waals surface area contributed by atoms with Gasteiger partial charge in [0.1, 0.15) is 18.1 Å². The van der Waals surface area contributed by atoms with Crippen LogP contribution in [0.3, 0.4) is 0 Å². The second-order valence-electron chi connectivity index (χ2n) is 8.96. The number of aliphatic imine (C=N–C) groups is 1. The maximum absolute atomic E-state index is 13.1. The number of amides is 3. The van der Waals surface area contributed by atoms with E-state index in [-0.39, 0.29) is 25.3 Å². The average molecular weight is 531 g/mol. The Morgan fingerprint density at radius 3 is 1.89 bits per heavy atom. The van der Waals surface area contributed by atoms with Gasteiger partial charge in [-0.15, -0.1) is 0 Å². The van der Waals surface area contributed by atoms with Crippen LogP contribution in [0, 0.1) is 5.92 Å². The summed E-state index contributed by atoms with van der Waals surface area (Å²) in [6.45, 7) is 3.79. The summed E-state index contributed by atoms with van der Waals surface area (Å²) in [6, 6.07) is -4.64. The zero-order chi connectivity index (χ0) is 28.5. The Bertz CT molecular complexity index is 802. The Kier molecular flexibility index (Phi) is 16.2. The highest BCUT2D eigenvalue weighted by atomic mass is 16.4. The van der Waals surface area contributed by atoms with Gasteiger partial charge < -0.3 is 49.1 Å². The predicted octanol–water partition coefficient (Wildman–Crippen LogP) is -2.44. The molecule has 0 aliphatic rings. The van der Waals surface area contributed by atoms with E-state index in [1.165, 1.54) is 0 Å². The van der Waals surface area contributed by atoms with Gasteiger partial charge in [0, 0.05) is 13.0 Å². The van der Waals surface area contributed by atoms with Crippen molar-refractivity contribution in [3.63, 3.8) is 0 Å². The number of guanidine groups is 1. The van der Waals surface area contributed by atoms with Crippen molar-refractivity contribution in [3.05, 3.63) is 0 Å². The molecule has 0 aliphatic heterocycles. The van der Waals surface area contributed by atoms with E-state index in [0.29, 0.717) is 32.2 Å². The Hall–Kier alpha value is -3.46. The van der Waals surface area contributed by atoms with Gasteiger partial charge in [-0.25, -0.2) is 4.79 Å². The first-order chi connectivity index (χ1) is 17.3. The van der Waals surface area contributed by atoms with Crippen molar-refractivity contribution in [2.75, 3.05) is 13.1 Å². The van der Waals surface area contributed by atoms with Crippen LogP contribution in [-0.2, 0) is 24.0 Å². The number of carboxylic acids is 2. The molecule has 0 spiro atoms. The lowest BCUT2D eigenvalue weighted by Crippen LogP contribution is -2.57. The molecule has 0 fully saturated rings. The standard InChI is InChI=1S/C22H42N8O7/c1-12(2)17(21(36)37)30-20(35)15(8-9-16(31)32)29-19(34)14(7-5-11-27-22(25)26)28-18(33)13(24)6-3-4-10-23/h12-15,17H,3-11,23-24H2,1-2H3,(H,28,33)(H,29,34)(H,30,35)(H,31,32)(H,36,37)(H4,25,26,27). The van der Waals surface area contributed by atoms with Crippen LogP contribution in [0.4, 0.5) is 0 Å². The normalized spacial score (nSPS) is 14.1. The Morgan fingerprint density at radius 1 is 0.811 bits per heavy atom. The summed E-state index contributed by atoms with van der Waals surface area (Å²) >= 11 is 0. The molecular weight excluding hydrogens is 488 g/mol. The summed E-state index contributed by atoms with van der Waals surface area (Å²) in [4.78, 5) is 64.9. The number of nitrogens with zero attached hydrogens (tertiary/aromatic N) is 1. The fourth-order valence-electron chi connectivity index (χ4n) is 3.27. The van der Waals surface area contributed by atoms with Gasteiger partial charge in [-0.05, 0) is 44.6 Å². The van der Waals surface area contributed by atoms with Crippen LogP contribution < -0.4 is 38.9 Å². The molecule has 15 heteroatoms. The van der Waals surface area contributed by atoms with Gasteiger partial charge in [0.05, 0.1) is 6.04 Å². The second kappa shape index (κ2) is 17.9. The molecule has 0 saturated carbocycles. The number of aliphatic carboxylic acids is 2. The molecule has 0 aliphatic carbocycles. The monoisotopic (exact) mass is 530 g/mol. The number of nitrogens with two attached hydrogens (primary N) is 4. The Morgan fingerprint density at radius 2 is 1.38 bits per heavy atom. The van der Waals surface area contributed by atoms with Gasteiger partial charge in [-0.2, -0.15) is 0 Å². The van der Waals surface area contributed by atoms with Crippen LogP contribution in [0.5, 0.6) is 0 Å². The first kappa shape index (κ1) is 33.5. The van der Waals surface area contributed by atoms with Crippen LogP contribution >= 0.6 is 0 Å². The SMILES string of the molecule is CC(C)C(NC(=O)C(CCC(=O)O)NC(=O)C(CCCN=C(N)N)NC(=O)C(N)CCCCN)C(=O)O. The number of rotatable bonds is 19. The van der Waals surface area contributed by atoms with Gasteiger partial charge >= 0.3 is 11.9 Å². The summed E-state index contributed by atoms with van der Waals surface area (Å²) in [5.74, 6) is -5.32. The fourth-order valence-corrected chi connectivity index (χ4v) is 3.27. The quantitative estimate of drug-likeness (QED) is 0.0480. The van der Waals surface area contributed by atoms with Crippen LogP contribution in [0.25, 0.3) is 0 Å². The molecule has 0 rings (SSSR count). The van der Waals surface area contributed by atoms with Gasteiger partial charge in [0.2, 0.25) is 17.7 Å². The highest BCUT2D eigenvalue weighted by Crippen LogP contribution is 2.07. The summed E-state index contributed by atoms with van der Waals surface area (Å²) in [5, 5.41) is 25.7. The molecule has 0 aromatic carbocycles. The minimum absolute atomic E-state index is 0.0842. The lowest BCUT2D eigenvalue weighted by molar-refractivity contribution is -0.144. The molecule has 212 valence electrons. The van der Waals surface area contributed by atoms with Crippen LogP contribution in [0.2, 0.25) is 0 Å². The number of nitrogens with one attached hydrogen (secondary N) is 3. The molecule has 0 radical (unpaired) electrons. The summed E-state index contributed by atoms with van der Waals surface area (Å²) in [6.07, 6.45) is 1.25. The van der Waals surface area contributed by atoms with Gasteiger partial charge in [-0.3, -0.25) is 24.2 Å². The third kappa shape index (κ3) is 14.6. The highest BCUT2D eigenvalue weighted by Gasteiger charge is 2.31. The van der Waals surface area contributed by atoms with Crippen molar-refractivity contribution in [3.8, 4) is 0 Å². The highest BCUT2D eigenvalue weighted by molar-refractivity contribution is 5.94. The summed E-state index contributed by atoms with van der Waals surface area (Å²) < 4.78 is 0. The number of carboxylic acid groups (broad SMARTS) is 2. The number of carbonyl (C=O) groups excluding carboxylic acids is 3. The zero-order valence-electron chi connectivity index (χ0n) is 21.4. The molecule has 0 heterocycles. The number of unbranched alkanes of at least 4 members (excludes halogenated alkanes) is 1. The summed E-state index contributed by atoms with van der Waals surface area (Å²) in [5.41, 5.74) is 22.0. The van der Waals surface area contributed by atoms with Crippen molar-refractivity contribution in [2.24, 2.45) is 33.8 Å². The van der Waals surface area contributed by atoms with E-state index in [9.17, 15) is 29.1 Å². The predicted molar refractivity (Wildman–Crippen MR) is 136 cm³/mol. The zero-order valence-corrected chi connectivity index (χ0v) is 21.4. The minimum atomic E-state index is -1.36. The van der Waals surface area contributed by atoms with Crippen molar-refractivity contribution in [1.82, 2.24) is 16.0 Å². The number of hydrogen-bond acceptors (Lipinski definition) is 8. The van der Waals surface area contributed by atoms with Crippen LogP contribution in [0.1, 0.15) is 58.8 Å². The number of hydrogen-bond donors (Lipinski definition) is 9. The molecule has 0 bridgehead atoms. The molecule has 37 heavy (non-hydrogen) atoms. The van der Waals surface area contributed by atoms with E-state index in [1.54, 1.807) is 13.8 Å². The lowest BCUT2D eigenvalue weighted by atomic mass is 10.0.